The van der Waals surface area contributed by atoms with E-state index in [0.717, 1.165) is 0 Å². The number of nitrogen functional groups attached to an aromatic ring is 1. The van der Waals surface area contributed by atoms with Gasteiger partial charge in [0, 0.05) is 10.7 Å². The van der Waals surface area contributed by atoms with Crippen molar-refractivity contribution in [3.8, 4) is 0 Å². The molecule has 0 heterocycles. The van der Waals surface area contributed by atoms with Gasteiger partial charge in [0.25, 0.3) is 5.91 Å². The molecule has 0 aliphatic carbocycles. The van der Waals surface area contributed by atoms with E-state index in [9.17, 15) is 4.79 Å². The number of hydrogen-bond donors (Lipinski definition) is 2. The number of benzene rings is 1. The van der Waals surface area contributed by atoms with Gasteiger partial charge >= 0.3 is 0 Å². The first-order valence-corrected chi connectivity index (χ1v) is 3.25. The standard InChI is InChI=1S/C7H7ClN2O/c8-4-1-2-6(9)5(3-4)7(10)11/h1-3H,9H2,(H2,10,11)/i1T. The monoisotopic (exact) mass is 172 g/mol. The number of rotatable bonds is 1. The van der Waals surface area contributed by atoms with E-state index in [4.69, 9.17) is 24.4 Å². The van der Waals surface area contributed by atoms with Gasteiger partial charge in [-0.25, -0.2) is 0 Å². The molecule has 58 valence electrons. The minimum atomic E-state index is -0.644. The van der Waals surface area contributed by atoms with Gasteiger partial charge in [-0.3, -0.25) is 4.79 Å². The molecule has 0 aromatic heterocycles. The first-order chi connectivity index (χ1) is 5.52. The summed E-state index contributed by atoms with van der Waals surface area (Å²) in [6.07, 6.45) is 0. The van der Waals surface area contributed by atoms with Crippen LogP contribution >= 0.6 is 11.6 Å². The van der Waals surface area contributed by atoms with Gasteiger partial charge in [0.1, 0.15) is 0 Å². The van der Waals surface area contributed by atoms with E-state index < -0.39 is 5.91 Å². The summed E-state index contributed by atoms with van der Waals surface area (Å²) in [5.74, 6) is -0.644. The summed E-state index contributed by atoms with van der Waals surface area (Å²) in [7, 11) is 0. The molecular formula is C7H7ClN2O. The Hall–Kier alpha value is -1.22. The second kappa shape index (κ2) is 2.80. The van der Waals surface area contributed by atoms with E-state index in [2.05, 4.69) is 0 Å². The maximum atomic E-state index is 10.7. The van der Waals surface area contributed by atoms with Crippen LogP contribution in [-0.2, 0) is 0 Å². The Morgan fingerprint density at radius 3 is 2.91 bits per heavy atom. The molecule has 0 unspecified atom stereocenters. The third-order valence-electron chi connectivity index (χ3n) is 1.21. The third-order valence-corrected chi connectivity index (χ3v) is 1.43. The van der Waals surface area contributed by atoms with Crippen molar-refractivity contribution >= 4 is 23.2 Å². The van der Waals surface area contributed by atoms with Gasteiger partial charge in [0.15, 0.2) is 0 Å². The highest BCUT2D eigenvalue weighted by Crippen LogP contribution is 2.16. The normalized spacial score (nSPS) is 10.8. The molecule has 0 bridgehead atoms. The maximum absolute atomic E-state index is 10.7. The van der Waals surface area contributed by atoms with Crippen molar-refractivity contribution < 1.29 is 6.17 Å². The lowest BCUT2D eigenvalue weighted by Gasteiger charge is -2.00. The van der Waals surface area contributed by atoms with Gasteiger partial charge < -0.3 is 11.5 Å². The molecule has 0 fully saturated rings. The summed E-state index contributed by atoms with van der Waals surface area (Å²) >= 11 is 5.58. The van der Waals surface area contributed by atoms with Gasteiger partial charge in [-0.05, 0) is 18.2 Å². The zero-order valence-corrected chi connectivity index (χ0v) is 6.35. The summed E-state index contributed by atoms with van der Waals surface area (Å²) in [6, 6.07) is 2.67. The Balaban J connectivity index is 3.33. The third kappa shape index (κ3) is 1.62. The van der Waals surface area contributed by atoms with Gasteiger partial charge in [0.2, 0.25) is 0 Å². The average molecular weight is 173 g/mol. The van der Waals surface area contributed by atoms with Crippen molar-refractivity contribution in [1.82, 2.24) is 0 Å². The fraction of sp³-hybridized carbons (Fsp3) is 0. The molecule has 0 saturated carbocycles. The lowest BCUT2D eigenvalue weighted by atomic mass is 10.2. The molecule has 0 aliphatic rings. The predicted octanol–water partition coefficient (Wildman–Crippen LogP) is 1.02. The van der Waals surface area contributed by atoms with Crippen LogP contribution in [0.15, 0.2) is 18.2 Å². The lowest BCUT2D eigenvalue weighted by molar-refractivity contribution is 0.100. The van der Waals surface area contributed by atoms with Crippen molar-refractivity contribution in [2.75, 3.05) is 5.73 Å². The summed E-state index contributed by atoms with van der Waals surface area (Å²) in [5, 5.41) is 0.165. The lowest BCUT2D eigenvalue weighted by Crippen LogP contribution is -2.13. The maximum Gasteiger partial charge on any atom is 0.250 e. The molecule has 4 N–H and O–H groups in total. The number of amides is 1. The zero-order valence-electron chi connectivity index (χ0n) is 6.60. The first kappa shape index (κ1) is 6.49. The van der Waals surface area contributed by atoms with E-state index in [-0.39, 0.29) is 22.3 Å². The highest BCUT2D eigenvalue weighted by atomic mass is 35.5. The molecule has 0 saturated heterocycles. The van der Waals surface area contributed by atoms with E-state index >= 15 is 0 Å². The van der Waals surface area contributed by atoms with Crippen molar-refractivity contribution in [2.24, 2.45) is 5.73 Å². The van der Waals surface area contributed by atoms with Crippen LogP contribution < -0.4 is 11.5 Å². The van der Waals surface area contributed by atoms with Crippen LogP contribution in [0.2, 0.25) is 5.02 Å². The Labute approximate surface area is 70.3 Å². The topological polar surface area (TPSA) is 69.1 Å². The summed E-state index contributed by atoms with van der Waals surface area (Å²) < 4.78 is 7.23. The van der Waals surface area contributed by atoms with Crippen LogP contribution in [0, 0.1) is 0 Å². The van der Waals surface area contributed by atoms with E-state index in [0.29, 0.717) is 0 Å². The van der Waals surface area contributed by atoms with Crippen molar-refractivity contribution in [3.63, 3.8) is 0 Å². The van der Waals surface area contributed by atoms with Crippen LogP contribution in [0.5, 0.6) is 0 Å². The summed E-state index contributed by atoms with van der Waals surface area (Å²) in [5.41, 5.74) is 10.7. The Kier molecular flexibility index (Phi) is 1.65. The Morgan fingerprint density at radius 1 is 1.73 bits per heavy atom. The molecule has 1 aromatic carbocycles. The number of halogens is 1. The van der Waals surface area contributed by atoms with Gasteiger partial charge in [-0.15, -0.1) is 0 Å². The van der Waals surface area contributed by atoms with E-state index in [1.807, 2.05) is 0 Å². The molecule has 11 heavy (non-hydrogen) atoms. The molecule has 3 nitrogen and oxygen atoms in total. The van der Waals surface area contributed by atoms with Crippen LogP contribution in [0.4, 0.5) is 5.69 Å². The highest BCUT2D eigenvalue weighted by Gasteiger charge is 2.04. The minimum absolute atomic E-state index is 0.0826. The number of carbonyl (C=O) groups excluding carboxylic acids is 1. The quantitative estimate of drug-likeness (QED) is 0.621. The number of carbonyl (C=O) groups is 1. The summed E-state index contributed by atoms with van der Waals surface area (Å²) in [4.78, 5) is 10.7. The zero-order chi connectivity index (χ0) is 9.30. The van der Waals surface area contributed by atoms with Crippen LogP contribution in [0.1, 0.15) is 11.7 Å². The molecule has 0 spiro atoms. The molecule has 0 aliphatic heterocycles. The van der Waals surface area contributed by atoms with Crippen molar-refractivity contribution in [1.29, 1.82) is 0 Å². The van der Waals surface area contributed by atoms with Gasteiger partial charge in [-0.2, -0.15) is 0 Å². The number of nitrogens with two attached hydrogens (primary N) is 2. The molecule has 1 amide bonds. The molecule has 4 heteroatoms. The Morgan fingerprint density at radius 2 is 2.36 bits per heavy atom. The SMILES string of the molecule is [3H]c1cc(N)c(C(N)=O)cc1Cl. The fourth-order valence-corrected chi connectivity index (χ4v) is 0.853. The number of primary amides is 1. The molecular weight excluding hydrogens is 164 g/mol. The first-order valence-electron chi connectivity index (χ1n) is 3.38. The van der Waals surface area contributed by atoms with Gasteiger partial charge in [0.05, 0.1) is 6.93 Å². The average Bonchev–Trinajstić information content (AvgIpc) is 1.96. The smallest absolute Gasteiger partial charge is 0.250 e. The van der Waals surface area contributed by atoms with Crippen LogP contribution in [0.3, 0.4) is 0 Å². The molecule has 1 aromatic rings. The van der Waals surface area contributed by atoms with Crippen molar-refractivity contribution in [2.45, 2.75) is 0 Å². The molecule has 0 radical (unpaired) electrons. The van der Waals surface area contributed by atoms with E-state index in [1.165, 1.54) is 12.1 Å². The minimum Gasteiger partial charge on any atom is -0.398 e. The largest absolute Gasteiger partial charge is 0.398 e. The second-order valence-corrected chi connectivity index (χ2v) is 2.42. The van der Waals surface area contributed by atoms with Gasteiger partial charge in [-0.1, -0.05) is 11.6 Å². The van der Waals surface area contributed by atoms with Crippen molar-refractivity contribution in [3.05, 3.63) is 28.8 Å². The molecule has 0 atom stereocenters. The fourth-order valence-electron chi connectivity index (χ4n) is 0.690. The Bertz CT molecular complexity index is 340. The number of anilines is 1. The highest BCUT2D eigenvalue weighted by molar-refractivity contribution is 6.31. The summed E-state index contributed by atoms with van der Waals surface area (Å²) in [6.45, 7) is 0. The van der Waals surface area contributed by atoms with Crippen LogP contribution in [0.25, 0.3) is 0 Å². The van der Waals surface area contributed by atoms with E-state index in [1.54, 1.807) is 0 Å². The molecule has 1 rings (SSSR count). The number of hydrogen-bond acceptors (Lipinski definition) is 2. The predicted molar refractivity (Wildman–Crippen MR) is 44.4 cm³/mol. The second-order valence-electron chi connectivity index (χ2n) is 2.01. The van der Waals surface area contributed by atoms with Crippen LogP contribution in [-0.4, -0.2) is 5.91 Å².